The topological polar surface area (TPSA) is 228 Å². The van der Waals surface area contributed by atoms with Gasteiger partial charge in [0.25, 0.3) is 0 Å². The van der Waals surface area contributed by atoms with Gasteiger partial charge in [0.05, 0.1) is 32.0 Å². The van der Waals surface area contributed by atoms with Gasteiger partial charge in [-0.1, -0.05) is 256 Å². The highest BCUT2D eigenvalue weighted by Crippen LogP contribution is 2.30. The number of amides is 1. The molecule has 2 saturated heterocycles. The van der Waals surface area contributed by atoms with Crippen LogP contribution in [0.15, 0.2) is 36.5 Å². The van der Waals surface area contributed by atoms with E-state index in [0.717, 1.165) is 44.9 Å². The summed E-state index contributed by atoms with van der Waals surface area (Å²) in [6, 6.07) is -0.914. The second-order valence-electron chi connectivity index (χ2n) is 23.2. The summed E-state index contributed by atoms with van der Waals surface area (Å²) >= 11 is 0. The number of carbonyl (C=O) groups is 1. The molecule has 9 N–H and O–H groups in total. The van der Waals surface area contributed by atoms with Gasteiger partial charge in [0.1, 0.15) is 48.8 Å². The molecule has 0 aliphatic carbocycles. The Kier molecular flexibility index (Phi) is 47.0. The van der Waals surface area contributed by atoms with Crippen LogP contribution in [0.3, 0.4) is 0 Å². The average Bonchev–Trinajstić information content (AvgIpc) is 3.46. The molecule has 0 saturated carbocycles. The molecule has 2 aliphatic heterocycles. The molecule has 464 valence electrons. The number of aliphatic hydroxyl groups excluding tert-OH is 8. The standard InChI is InChI=1S/C65H121NO13/c1-3-5-7-9-11-13-15-17-19-21-23-24-25-26-27-28-29-30-31-33-35-37-39-41-43-45-47-49-57(70)66-53(54(69)48-46-44-42-40-38-36-34-32-22-20-18-16-14-12-10-8-6-4-2)52-76-64-62(75)60(73)63(56(51-68)78-64)79-65-61(74)59(72)58(71)55(50-67)77-65/h15,17,21,23,46,48,53-56,58-65,67-69,71-75H,3-14,16,18-20,22,24-45,47,49-52H2,1-2H3,(H,66,70)/b17-15-,23-21-,48-46+. The van der Waals surface area contributed by atoms with E-state index in [1.54, 1.807) is 6.08 Å². The molecule has 0 aromatic carbocycles. The Bertz CT molecular complexity index is 1460. The van der Waals surface area contributed by atoms with Crippen LogP contribution < -0.4 is 5.32 Å². The highest BCUT2D eigenvalue weighted by atomic mass is 16.7. The number of rotatable bonds is 53. The number of nitrogens with one attached hydrogen (secondary N) is 1. The molecule has 12 atom stereocenters. The molecule has 0 bridgehead atoms. The number of aliphatic hydroxyl groups is 8. The van der Waals surface area contributed by atoms with Crippen LogP contribution in [0.5, 0.6) is 0 Å². The van der Waals surface area contributed by atoms with Gasteiger partial charge in [-0.05, 0) is 51.4 Å². The Balaban J connectivity index is 1.70. The van der Waals surface area contributed by atoms with Crippen molar-refractivity contribution in [2.24, 2.45) is 0 Å². The summed E-state index contributed by atoms with van der Waals surface area (Å²) < 4.78 is 22.8. The van der Waals surface area contributed by atoms with E-state index in [-0.39, 0.29) is 18.9 Å². The van der Waals surface area contributed by atoms with Gasteiger partial charge in [0, 0.05) is 6.42 Å². The lowest BCUT2D eigenvalue weighted by Crippen LogP contribution is -2.65. The average molecular weight is 1120 g/mol. The number of unbranched alkanes of at least 4 members (excludes halogenated alkanes) is 36. The maximum atomic E-state index is 13.3. The molecule has 0 aromatic rings. The molecule has 0 spiro atoms. The maximum absolute atomic E-state index is 13.3. The third-order valence-electron chi connectivity index (χ3n) is 16.1. The Hall–Kier alpha value is -1.79. The lowest BCUT2D eigenvalue weighted by Gasteiger charge is -2.46. The maximum Gasteiger partial charge on any atom is 0.220 e. The van der Waals surface area contributed by atoms with Gasteiger partial charge in [0.15, 0.2) is 12.6 Å². The first-order valence-corrected chi connectivity index (χ1v) is 32.7. The van der Waals surface area contributed by atoms with E-state index in [1.807, 2.05) is 6.08 Å². The second kappa shape index (κ2) is 50.7. The summed E-state index contributed by atoms with van der Waals surface area (Å²) in [5, 5.41) is 87.3. The van der Waals surface area contributed by atoms with Crippen molar-refractivity contribution in [1.29, 1.82) is 0 Å². The van der Waals surface area contributed by atoms with Gasteiger partial charge < -0.3 is 65.1 Å². The third-order valence-corrected chi connectivity index (χ3v) is 16.1. The van der Waals surface area contributed by atoms with Crippen molar-refractivity contribution in [1.82, 2.24) is 5.32 Å². The SMILES string of the molecule is CCCCCCC/C=C\C/C=C\CCCCCCCCCCCCCCCCCC(=O)NC(COC1OC(CO)C(OC2OC(CO)C(O)C(O)C2O)C(O)C1O)C(O)/C=C/CCCCCCCCCCCCCCCCCC. The molecule has 12 unspecified atom stereocenters. The van der Waals surface area contributed by atoms with Crippen LogP contribution >= 0.6 is 0 Å². The number of carbonyl (C=O) groups excluding carboxylic acids is 1. The quantitative estimate of drug-likeness (QED) is 0.0204. The van der Waals surface area contributed by atoms with E-state index < -0.39 is 86.8 Å². The molecule has 2 fully saturated rings. The lowest BCUT2D eigenvalue weighted by molar-refractivity contribution is -0.359. The molecule has 1 amide bonds. The molecule has 2 rings (SSSR count). The van der Waals surface area contributed by atoms with Crippen molar-refractivity contribution in [3.05, 3.63) is 36.5 Å². The van der Waals surface area contributed by atoms with E-state index >= 15 is 0 Å². The number of allylic oxidation sites excluding steroid dienone is 5. The van der Waals surface area contributed by atoms with Crippen molar-refractivity contribution in [3.63, 3.8) is 0 Å². The van der Waals surface area contributed by atoms with Crippen LogP contribution in [0.25, 0.3) is 0 Å². The minimum Gasteiger partial charge on any atom is -0.394 e. The fraction of sp³-hybridized carbons (Fsp3) is 0.892. The first-order valence-electron chi connectivity index (χ1n) is 32.7. The summed E-state index contributed by atoms with van der Waals surface area (Å²) in [5.74, 6) is -0.236. The van der Waals surface area contributed by atoms with E-state index in [4.69, 9.17) is 18.9 Å². The Morgan fingerprint density at radius 1 is 0.456 bits per heavy atom. The van der Waals surface area contributed by atoms with Gasteiger partial charge in [-0.25, -0.2) is 0 Å². The molecular weight excluding hydrogens is 1000 g/mol. The minimum absolute atomic E-state index is 0.236. The molecule has 14 nitrogen and oxygen atoms in total. The summed E-state index contributed by atoms with van der Waals surface area (Å²) in [7, 11) is 0. The van der Waals surface area contributed by atoms with Crippen LogP contribution in [0.2, 0.25) is 0 Å². The molecule has 2 heterocycles. The van der Waals surface area contributed by atoms with Crippen molar-refractivity contribution >= 4 is 5.91 Å². The van der Waals surface area contributed by atoms with Crippen molar-refractivity contribution in [2.75, 3.05) is 19.8 Å². The number of ether oxygens (including phenoxy) is 4. The first kappa shape index (κ1) is 73.3. The van der Waals surface area contributed by atoms with Crippen molar-refractivity contribution in [2.45, 2.75) is 351 Å². The smallest absolute Gasteiger partial charge is 0.220 e. The van der Waals surface area contributed by atoms with E-state index in [0.29, 0.717) is 6.42 Å². The molecule has 0 radical (unpaired) electrons. The molecule has 2 aliphatic rings. The Labute approximate surface area is 481 Å². The van der Waals surface area contributed by atoms with Gasteiger partial charge in [0.2, 0.25) is 5.91 Å². The van der Waals surface area contributed by atoms with Crippen LogP contribution in [0.1, 0.15) is 277 Å². The first-order chi connectivity index (χ1) is 38.6. The van der Waals surface area contributed by atoms with E-state index in [1.165, 1.54) is 205 Å². The summed E-state index contributed by atoms with van der Waals surface area (Å²) in [4.78, 5) is 13.3. The summed E-state index contributed by atoms with van der Waals surface area (Å²) in [5.41, 5.74) is 0. The lowest BCUT2D eigenvalue weighted by atomic mass is 9.97. The minimum atomic E-state index is -1.79. The highest BCUT2D eigenvalue weighted by molar-refractivity contribution is 5.76. The predicted octanol–water partition coefficient (Wildman–Crippen LogP) is 12.2. The molecule has 0 aromatic heterocycles. The fourth-order valence-corrected chi connectivity index (χ4v) is 10.8. The van der Waals surface area contributed by atoms with Gasteiger partial charge in [-0.3, -0.25) is 4.79 Å². The van der Waals surface area contributed by atoms with Crippen LogP contribution in [0.4, 0.5) is 0 Å². The monoisotopic (exact) mass is 1120 g/mol. The zero-order valence-electron chi connectivity index (χ0n) is 50.1. The van der Waals surface area contributed by atoms with E-state index in [9.17, 15) is 45.6 Å². The Morgan fingerprint density at radius 3 is 1.27 bits per heavy atom. The highest BCUT2D eigenvalue weighted by Gasteiger charge is 2.51. The largest absolute Gasteiger partial charge is 0.394 e. The molecule has 14 heteroatoms. The van der Waals surface area contributed by atoms with Gasteiger partial charge in [-0.15, -0.1) is 0 Å². The zero-order valence-corrected chi connectivity index (χ0v) is 50.1. The van der Waals surface area contributed by atoms with E-state index in [2.05, 4.69) is 43.5 Å². The zero-order chi connectivity index (χ0) is 57.4. The van der Waals surface area contributed by atoms with Gasteiger partial charge >= 0.3 is 0 Å². The van der Waals surface area contributed by atoms with Crippen LogP contribution in [0, 0.1) is 0 Å². The number of hydrogen-bond donors (Lipinski definition) is 9. The normalized spacial score (nSPS) is 24.6. The summed E-state index contributed by atoms with van der Waals surface area (Å²) in [6.07, 6.45) is 46.1. The number of hydrogen-bond acceptors (Lipinski definition) is 13. The third kappa shape index (κ3) is 35.8. The molecule has 79 heavy (non-hydrogen) atoms. The second-order valence-corrected chi connectivity index (χ2v) is 23.2. The van der Waals surface area contributed by atoms with Crippen molar-refractivity contribution in [3.8, 4) is 0 Å². The van der Waals surface area contributed by atoms with Crippen molar-refractivity contribution < 1.29 is 64.6 Å². The van der Waals surface area contributed by atoms with Crippen LogP contribution in [-0.2, 0) is 23.7 Å². The Morgan fingerprint density at radius 2 is 0.835 bits per heavy atom. The fourth-order valence-electron chi connectivity index (χ4n) is 10.8. The predicted molar refractivity (Wildman–Crippen MR) is 318 cm³/mol. The molecular formula is C65H121NO13. The van der Waals surface area contributed by atoms with Gasteiger partial charge in [-0.2, -0.15) is 0 Å². The van der Waals surface area contributed by atoms with Crippen LogP contribution in [-0.4, -0.2) is 140 Å². The summed E-state index contributed by atoms with van der Waals surface area (Å²) in [6.45, 7) is 2.82.